The molecule has 1 unspecified atom stereocenters. The molecule has 0 bridgehead atoms. The first-order valence-electron chi connectivity index (χ1n) is 10.1. The molecular formula is C22H33N3O2. The third-order valence-corrected chi connectivity index (χ3v) is 5.74. The first kappa shape index (κ1) is 19.9. The summed E-state index contributed by atoms with van der Waals surface area (Å²) in [5.41, 5.74) is 4.22. The number of aliphatic hydroxyl groups is 1. The molecule has 1 saturated carbocycles. The van der Waals surface area contributed by atoms with Crippen molar-refractivity contribution in [2.24, 2.45) is 5.92 Å². The summed E-state index contributed by atoms with van der Waals surface area (Å²) in [5, 5.41) is 19.5. The van der Waals surface area contributed by atoms with Gasteiger partial charge in [0.05, 0.1) is 6.10 Å². The summed E-state index contributed by atoms with van der Waals surface area (Å²) in [6, 6.07) is 6.74. The summed E-state index contributed by atoms with van der Waals surface area (Å²) in [5.74, 6) is 0.568. The number of hydrogen-bond acceptors (Lipinski definition) is 4. The molecule has 1 amide bonds. The molecule has 2 fully saturated rings. The molecule has 1 heterocycles. The van der Waals surface area contributed by atoms with E-state index in [1.165, 1.54) is 11.1 Å². The van der Waals surface area contributed by atoms with E-state index in [1.54, 1.807) is 0 Å². The Morgan fingerprint density at radius 2 is 1.85 bits per heavy atom. The average Bonchev–Trinajstić information content (AvgIpc) is 3.02. The Labute approximate surface area is 162 Å². The number of rotatable bonds is 6. The lowest BCUT2D eigenvalue weighted by Crippen LogP contribution is -2.39. The van der Waals surface area contributed by atoms with Crippen molar-refractivity contribution >= 4 is 11.6 Å². The first-order valence-corrected chi connectivity index (χ1v) is 10.1. The van der Waals surface area contributed by atoms with Crippen LogP contribution in [0.25, 0.3) is 0 Å². The molecule has 1 aromatic carbocycles. The second-order valence-electron chi connectivity index (χ2n) is 8.37. The number of nitrogens with one attached hydrogen (secondary N) is 3. The number of carbonyl (C=O) groups excluding carboxylic acids is 1. The standard InChI is InChI=1S/C22H33N3O2/c1-14-8-15(2)10-19(9-14)25-22(27)11-17-4-6-18(7-5-17)24-16(3)21-12-20(26)13-23-21/h8-10,17-18,20-21,23-24,26H,3-7,11-13H2,1-2H3,(H,25,27)/t17?,18?,20-,21?/m0/s1. The Hall–Kier alpha value is -1.85. The summed E-state index contributed by atoms with van der Waals surface area (Å²) < 4.78 is 0. The maximum atomic E-state index is 12.4. The lowest BCUT2D eigenvalue weighted by atomic mass is 9.83. The van der Waals surface area contributed by atoms with Crippen LogP contribution in [-0.4, -0.2) is 35.7 Å². The molecule has 148 valence electrons. The van der Waals surface area contributed by atoms with Crippen molar-refractivity contribution in [3.05, 3.63) is 41.6 Å². The summed E-state index contributed by atoms with van der Waals surface area (Å²) in [6.45, 7) is 8.89. The van der Waals surface area contributed by atoms with Crippen LogP contribution in [0.1, 0.15) is 49.7 Å². The quantitative estimate of drug-likeness (QED) is 0.620. The third kappa shape index (κ3) is 5.81. The Morgan fingerprint density at radius 3 is 2.44 bits per heavy atom. The van der Waals surface area contributed by atoms with E-state index >= 15 is 0 Å². The van der Waals surface area contributed by atoms with Crippen molar-refractivity contribution in [2.75, 3.05) is 11.9 Å². The van der Waals surface area contributed by atoms with E-state index in [2.05, 4.69) is 28.6 Å². The van der Waals surface area contributed by atoms with Gasteiger partial charge in [0.2, 0.25) is 5.91 Å². The van der Waals surface area contributed by atoms with Crippen molar-refractivity contribution in [1.82, 2.24) is 10.6 Å². The number of aryl methyl sites for hydroxylation is 2. The second-order valence-corrected chi connectivity index (χ2v) is 8.37. The topological polar surface area (TPSA) is 73.4 Å². The molecule has 1 saturated heterocycles. The minimum atomic E-state index is -0.264. The van der Waals surface area contributed by atoms with E-state index in [0.29, 0.717) is 24.9 Å². The van der Waals surface area contributed by atoms with Gasteiger partial charge in [0.1, 0.15) is 0 Å². The third-order valence-electron chi connectivity index (χ3n) is 5.74. The summed E-state index contributed by atoms with van der Waals surface area (Å²) in [7, 11) is 0. The molecule has 5 nitrogen and oxygen atoms in total. The summed E-state index contributed by atoms with van der Waals surface area (Å²) in [4.78, 5) is 12.4. The van der Waals surface area contributed by atoms with Gasteiger partial charge in [0.15, 0.2) is 0 Å². The van der Waals surface area contributed by atoms with E-state index in [4.69, 9.17) is 0 Å². The normalized spacial score (nSPS) is 28.0. The molecule has 0 radical (unpaired) electrons. The molecule has 1 aromatic rings. The van der Waals surface area contributed by atoms with Crippen LogP contribution in [0.15, 0.2) is 30.5 Å². The Bertz CT molecular complexity index is 660. The van der Waals surface area contributed by atoms with Gasteiger partial charge in [-0.25, -0.2) is 0 Å². The van der Waals surface area contributed by atoms with Crippen LogP contribution in [0.3, 0.4) is 0 Å². The van der Waals surface area contributed by atoms with Crippen molar-refractivity contribution in [2.45, 2.75) is 70.6 Å². The van der Waals surface area contributed by atoms with Crippen LogP contribution in [-0.2, 0) is 4.79 Å². The van der Waals surface area contributed by atoms with Gasteiger partial charge in [-0.2, -0.15) is 0 Å². The fraction of sp³-hybridized carbons (Fsp3) is 0.591. The van der Waals surface area contributed by atoms with E-state index in [0.717, 1.165) is 43.5 Å². The second kappa shape index (κ2) is 8.89. The van der Waals surface area contributed by atoms with Crippen LogP contribution in [0.4, 0.5) is 5.69 Å². The highest BCUT2D eigenvalue weighted by Crippen LogP contribution is 2.28. The maximum Gasteiger partial charge on any atom is 0.224 e. The zero-order valence-corrected chi connectivity index (χ0v) is 16.6. The van der Waals surface area contributed by atoms with Gasteiger partial charge >= 0.3 is 0 Å². The van der Waals surface area contributed by atoms with Crippen molar-refractivity contribution < 1.29 is 9.90 Å². The molecule has 1 aliphatic heterocycles. The van der Waals surface area contributed by atoms with E-state index in [9.17, 15) is 9.90 Å². The Balaban J connectivity index is 1.40. The van der Waals surface area contributed by atoms with Gasteiger partial charge in [-0.1, -0.05) is 12.6 Å². The van der Waals surface area contributed by atoms with Crippen LogP contribution < -0.4 is 16.0 Å². The molecule has 2 atom stereocenters. The minimum Gasteiger partial charge on any atom is -0.392 e. The van der Waals surface area contributed by atoms with Gasteiger partial charge in [0.25, 0.3) is 0 Å². The first-order chi connectivity index (χ1) is 12.9. The number of carbonyl (C=O) groups is 1. The van der Waals surface area contributed by atoms with Crippen LogP contribution in [0.5, 0.6) is 0 Å². The molecule has 1 aliphatic carbocycles. The molecule has 2 aliphatic rings. The Kier molecular flexibility index (Phi) is 6.55. The summed E-state index contributed by atoms with van der Waals surface area (Å²) in [6.07, 6.45) is 5.32. The van der Waals surface area contributed by atoms with Crippen LogP contribution >= 0.6 is 0 Å². The highest BCUT2D eigenvalue weighted by Gasteiger charge is 2.27. The van der Waals surface area contributed by atoms with Crippen molar-refractivity contribution in [1.29, 1.82) is 0 Å². The SMILES string of the molecule is C=C(NC1CCC(CC(=O)Nc2cc(C)cc(C)c2)CC1)C1C[C@H](O)CN1. The van der Waals surface area contributed by atoms with Gasteiger partial charge in [0, 0.05) is 36.4 Å². The van der Waals surface area contributed by atoms with Gasteiger partial charge in [-0.3, -0.25) is 4.79 Å². The smallest absolute Gasteiger partial charge is 0.224 e. The zero-order valence-electron chi connectivity index (χ0n) is 16.6. The fourth-order valence-electron chi connectivity index (χ4n) is 4.38. The highest BCUT2D eigenvalue weighted by molar-refractivity contribution is 5.91. The fourth-order valence-corrected chi connectivity index (χ4v) is 4.38. The zero-order chi connectivity index (χ0) is 19.4. The predicted octanol–water partition coefficient (Wildman–Crippen LogP) is 3.02. The molecule has 3 rings (SSSR count). The van der Waals surface area contributed by atoms with E-state index < -0.39 is 0 Å². The van der Waals surface area contributed by atoms with Gasteiger partial charge in [-0.15, -0.1) is 0 Å². The minimum absolute atomic E-state index is 0.116. The molecular weight excluding hydrogens is 338 g/mol. The lowest BCUT2D eigenvalue weighted by Gasteiger charge is -2.31. The largest absolute Gasteiger partial charge is 0.392 e. The number of β-amino-alcohol motifs (C(OH)–C–C–N with tert-alkyl or cyclic N) is 1. The highest BCUT2D eigenvalue weighted by atomic mass is 16.3. The van der Waals surface area contributed by atoms with E-state index in [-0.39, 0.29) is 18.1 Å². The number of aliphatic hydroxyl groups excluding tert-OH is 1. The average molecular weight is 372 g/mol. The number of amides is 1. The molecule has 0 aromatic heterocycles. The molecule has 27 heavy (non-hydrogen) atoms. The Morgan fingerprint density at radius 1 is 1.19 bits per heavy atom. The monoisotopic (exact) mass is 371 g/mol. The molecule has 4 N–H and O–H groups in total. The molecule has 0 spiro atoms. The van der Waals surface area contributed by atoms with Crippen molar-refractivity contribution in [3.8, 4) is 0 Å². The lowest BCUT2D eigenvalue weighted by molar-refractivity contribution is -0.117. The number of anilines is 1. The summed E-state index contributed by atoms with van der Waals surface area (Å²) >= 11 is 0. The van der Waals surface area contributed by atoms with Crippen LogP contribution in [0.2, 0.25) is 0 Å². The van der Waals surface area contributed by atoms with Crippen molar-refractivity contribution in [3.63, 3.8) is 0 Å². The van der Waals surface area contributed by atoms with Gasteiger partial charge in [-0.05, 0) is 75.1 Å². The van der Waals surface area contributed by atoms with Crippen LogP contribution in [0, 0.1) is 19.8 Å². The maximum absolute atomic E-state index is 12.4. The van der Waals surface area contributed by atoms with Gasteiger partial charge < -0.3 is 21.1 Å². The molecule has 5 heteroatoms. The number of benzene rings is 1. The predicted molar refractivity (Wildman–Crippen MR) is 110 cm³/mol. The van der Waals surface area contributed by atoms with E-state index in [1.807, 2.05) is 26.0 Å². The number of hydrogen-bond donors (Lipinski definition) is 4.